The molecular weight excluding hydrogens is 179 g/mol. The Morgan fingerprint density at radius 1 is 1.14 bits per heavy atom. The van der Waals surface area contributed by atoms with Gasteiger partial charge >= 0.3 is 0 Å². The van der Waals surface area contributed by atoms with E-state index in [1.165, 1.54) is 31.9 Å². The normalized spacial score (nSPS) is 17.9. The Balaban J connectivity index is 2.16. The van der Waals surface area contributed by atoms with Gasteiger partial charge in [0.1, 0.15) is 0 Å². The number of hydrogen-bond donors (Lipinski definition) is 0. The fourth-order valence-electron chi connectivity index (χ4n) is 1.94. The van der Waals surface area contributed by atoms with Gasteiger partial charge in [-0.2, -0.15) is 0 Å². The molecule has 2 rings (SSSR count). The molecule has 2 heterocycles. The van der Waals surface area contributed by atoms with Gasteiger partial charge in [-0.3, -0.25) is 4.98 Å². The smallest absolute Gasteiger partial charge is 0.164 e. The Kier molecular flexibility index (Phi) is 2.96. The number of halogens is 1. The lowest BCUT2D eigenvalue weighted by atomic mass is 10.2. The first kappa shape index (κ1) is 9.44. The van der Waals surface area contributed by atoms with Gasteiger partial charge in [-0.05, 0) is 18.9 Å². The molecule has 0 N–H and O–H groups in total. The standard InChI is InChI=1S/C11H15FN2/c12-10-9-13-6-5-11(10)14-7-3-1-2-4-8-14/h5-6,9H,1-4,7-8H2. The zero-order valence-corrected chi connectivity index (χ0v) is 8.25. The van der Waals surface area contributed by atoms with Crippen molar-refractivity contribution in [2.24, 2.45) is 0 Å². The van der Waals surface area contributed by atoms with Gasteiger partial charge in [-0.15, -0.1) is 0 Å². The topological polar surface area (TPSA) is 16.1 Å². The second-order valence-corrected chi connectivity index (χ2v) is 3.73. The van der Waals surface area contributed by atoms with E-state index in [0.29, 0.717) is 5.69 Å². The van der Waals surface area contributed by atoms with E-state index in [1.807, 2.05) is 0 Å². The van der Waals surface area contributed by atoms with E-state index in [0.717, 1.165) is 13.1 Å². The van der Waals surface area contributed by atoms with Gasteiger partial charge in [0.05, 0.1) is 11.9 Å². The van der Waals surface area contributed by atoms with Crippen molar-refractivity contribution in [3.05, 3.63) is 24.3 Å². The Bertz CT molecular complexity index is 293. The van der Waals surface area contributed by atoms with Crippen LogP contribution in [0, 0.1) is 5.82 Å². The molecule has 0 amide bonds. The molecule has 0 unspecified atom stereocenters. The summed E-state index contributed by atoms with van der Waals surface area (Å²) in [6.07, 6.45) is 7.82. The third-order valence-corrected chi connectivity index (χ3v) is 2.70. The second kappa shape index (κ2) is 4.40. The molecule has 1 aliphatic rings. The largest absolute Gasteiger partial charge is 0.369 e. The lowest BCUT2D eigenvalue weighted by Gasteiger charge is -2.22. The summed E-state index contributed by atoms with van der Waals surface area (Å²) in [5.74, 6) is -0.200. The van der Waals surface area contributed by atoms with Gasteiger partial charge in [0, 0.05) is 19.3 Å². The van der Waals surface area contributed by atoms with E-state index in [2.05, 4.69) is 9.88 Å². The summed E-state index contributed by atoms with van der Waals surface area (Å²) in [4.78, 5) is 5.89. The van der Waals surface area contributed by atoms with Crippen LogP contribution in [0.2, 0.25) is 0 Å². The highest BCUT2D eigenvalue weighted by Gasteiger charge is 2.12. The maximum atomic E-state index is 13.4. The van der Waals surface area contributed by atoms with Crippen LogP contribution in [0.25, 0.3) is 0 Å². The van der Waals surface area contributed by atoms with Crippen LogP contribution in [0.3, 0.4) is 0 Å². The van der Waals surface area contributed by atoms with Gasteiger partial charge < -0.3 is 4.90 Å². The van der Waals surface area contributed by atoms with Gasteiger partial charge in [0.25, 0.3) is 0 Å². The Morgan fingerprint density at radius 3 is 2.50 bits per heavy atom. The Hall–Kier alpha value is -1.12. The van der Waals surface area contributed by atoms with Crippen molar-refractivity contribution in [3.63, 3.8) is 0 Å². The molecule has 0 radical (unpaired) electrons. The fraction of sp³-hybridized carbons (Fsp3) is 0.545. The van der Waals surface area contributed by atoms with Crippen LogP contribution < -0.4 is 4.90 Å². The SMILES string of the molecule is Fc1cnccc1N1CCCCCC1. The zero-order valence-electron chi connectivity index (χ0n) is 8.25. The van der Waals surface area contributed by atoms with Crippen LogP contribution in [0.15, 0.2) is 18.5 Å². The maximum Gasteiger partial charge on any atom is 0.164 e. The lowest BCUT2D eigenvalue weighted by Crippen LogP contribution is -2.24. The third kappa shape index (κ3) is 2.03. The summed E-state index contributed by atoms with van der Waals surface area (Å²) in [5, 5.41) is 0. The van der Waals surface area contributed by atoms with Crippen molar-refractivity contribution < 1.29 is 4.39 Å². The van der Waals surface area contributed by atoms with Crippen molar-refractivity contribution in [2.45, 2.75) is 25.7 Å². The van der Waals surface area contributed by atoms with E-state index >= 15 is 0 Å². The highest BCUT2D eigenvalue weighted by Crippen LogP contribution is 2.21. The summed E-state index contributed by atoms with van der Waals surface area (Å²) in [5.41, 5.74) is 0.710. The molecule has 14 heavy (non-hydrogen) atoms. The van der Waals surface area contributed by atoms with Crippen molar-refractivity contribution in [3.8, 4) is 0 Å². The van der Waals surface area contributed by atoms with Gasteiger partial charge in [0.2, 0.25) is 0 Å². The first-order valence-electron chi connectivity index (χ1n) is 5.22. The summed E-state index contributed by atoms with van der Waals surface area (Å²) >= 11 is 0. The average molecular weight is 194 g/mol. The fourth-order valence-corrected chi connectivity index (χ4v) is 1.94. The summed E-state index contributed by atoms with van der Waals surface area (Å²) in [6, 6.07) is 1.76. The van der Waals surface area contributed by atoms with E-state index < -0.39 is 0 Å². The monoisotopic (exact) mass is 194 g/mol. The number of hydrogen-bond acceptors (Lipinski definition) is 2. The van der Waals surface area contributed by atoms with E-state index in [4.69, 9.17) is 0 Å². The van der Waals surface area contributed by atoms with Crippen LogP contribution in [-0.2, 0) is 0 Å². The molecule has 0 bridgehead atoms. The predicted molar refractivity (Wildman–Crippen MR) is 54.9 cm³/mol. The van der Waals surface area contributed by atoms with E-state index in [-0.39, 0.29) is 5.82 Å². The van der Waals surface area contributed by atoms with Crippen LogP contribution in [0.1, 0.15) is 25.7 Å². The summed E-state index contributed by atoms with van der Waals surface area (Å²) in [6.45, 7) is 1.95. The minimum absolute atomic E-state index is 0.200. The van der Waals surface area contributed by atoms with Crippen LogP contribution in [-0.4, -0.2) is 18.1 Å². The molecule has 1 aromatic rings. The average Bonchev–Trinajstić information content (AvgIpc) is 2.47. The highest BCUT2D eigenvalue weighted by atomic mass is 19.1. The van der Waals surface area contributed by atoms with Crippen LogP contribution in [0.5, 0.6) is 0 Å². The molecule has 1 aromatic heterocycles. The Labute approximate surface area is 83.8 Å². The third-order valence-electron chi connectivity index (χ3n) is 2.70. The molecule has 3 heteroatoms. The molecule has 0 spiro atoms. The first-order valence-corrected chi connectivity index (χ1v) is 5.22. The number of aromatic nitrogens is 1. The first-order chi connectivity index (χ1) is 6.88. The molecule has 1 aliphatic heterocycles. The molecule has 0 atom stereocenters. The number of rotatable bonds is 1. The van der Waals surface area contributed by atoms with Gasteiger partial charge in [0.15, 0.2) is 5.82 Å². The molecule has 2 nitrogen and oxygen atoms in total. The maximum absolute atomic E-state index is 13.4. The molecule has 1 fully saturated rings. The van der Waals surface area contributed by atoms with Gasteiger partial charge in [-0.25, -0.2) is 4.39 Å². The minimum atomic E-state index is -0.200. The molecule has 76 valence electrons. The van der Waals surface area contributed by atoms with Crippen molar-refractivity contribution in [2.75, 3.05) is 18.0 Å². The molecule has 0 aliphatic carbocycles. The quantitative estimate of drug-likeness (QED) is 0.683. The number of nitrogens with zero attached hydrogens (tertiary/aromatic N) is 2. The number of anilines is 1. The zero-order chi connectivity index (χ0) is 9.80. The second-order valence-electron chi connectivity index (χ2n) is 3.73. The van der Waals surface area contributed by atoms with E-state index in [9.17, 15) is 4.39 Å². The van der Waals surface area contributed by atoms with Crippen LogP contribution in [0.4, 0.5) is 10.1 Å². The molecule has 0 saturated carbocycles. The summed E-state index contributed by atoms with van der Waals surface area (Å²) < 4.78 is 13.4. The van der Waals surface area contributed by atoms with E-state index in [1.54, 1.807) is 12.3 Å². The molecule has 1 saturated heterocycles. The van der Waals surface area contributed by atoms with Crippen molar-refractivity contribution in [1.82, 2.24) is 4.98 Å². The Morgan fingerprint density at radius 2 is 1.86 bits per heavy atom. The lowest BCUT2D eigenvalue weighted by molar-refractivity contribution is 0.610. The summed E-state index contributed by atoms with van der Waals surface area (Å²) in [7, 11) is 0. The number of pyridine rings is 1. The highest BCUT2D eigenvalue weighted by molar-refractivity contribution is 5.46. The minimum Gasteiger partial charge on any atom is -0.369 e. The predicted octanol–water partition coefficient (Wildman–Crippen LogP) is 2.60. The molecule has 0 aromatic carbocycles. The van der Waals surface area contributed by atoms with Crippen molar-refractivity contribution in [1.29, 1.82) is 0 Å². The van der Waals surface area contributed by atoms with Crippen molar-refractivity contribution >= 4 is 5.69 Å². The van der Waals surface area contributed by atoms with Gasteiger partial charge in [-0.1, -0.05) is 12.8 Å². The molecular formula is C11H15FN2. The van der Waals surface area contributed by atoms with Crippen LogP contribution >= 0.6 is 0 Å².